The number of ketones is 1. The number of nitrogens with one attached hydrogen (secondary N) is 1. The predicted molar refractivity (Wildman–Crippen MR) is 109 cm³/mol. The maximum atomic E-state index is 13.3. The molecule has 0 aromatic heterocycles. The molecule has 9 heteroatoms. The summed E-state index contributed by atoms with van der Waals surface area (Å²) in [5.74, 6) is -3.05. The Bertz CT molecular complexity index is 1280. The SMILES string of the molecule is O=C(C1=NOC2C(=O)N(c3cccc([NH+]([O-])O)c3)C(=O)C12)c1cccc2ccccc12. The van der Waals surface area contributed by atoms with Crippen LogP contribution >= 0.6 is 0 Å². The van der Waals surface area contributed by atoms with E-state index in [4.69, 9.17) is 4.84 Å². The molecule has 9 nitrogen and oxygen atoms in total. The third kappa shape index (κ3) is 2.91. The first kappa shape index (κ1) is 19.1. The molecule has 0 saturated carbocycles. The second-order valence-corrected chi connectivity index (χ2v) is 7.20. The number of Topliss-reactive ketones (excluding diaryl/α,β-unsaturated/α-hetero) is 1. The van der Waals surface area contributed by atoms with Gasteiger partial charge >= 0.3 is 0 Å². The number of nitrogens with zero attached hydrogens (tertiary/aromatic N) is 2. The number of anilines is 1. The van der Waals surface area contributed by atoms with Crippen molar-refractivity contribution in [3.63, 3.8) is 0 Å². The monoisotopic (exact) mass is 417 g/mol. The van der Waals surface area contributed by atoms with Crippen LogP contribution in [0, 0.1) is 11.1 Å². The van der Waals surface area contributed by atoms with Crippen LogP contribution in [0.15, 0.2) is 71.9 Å². The molecule has 2 aliphatic heterocycles. The molecule has 31 heavy (non-hydrogen) atoms. The van der Waals surface area contributed by atoms with Crippen molar-refractivity contribution in [1.29, 1.82) is 0 Å². The van der Waals surface area contributed by atoms with Crippen LogP contribution in [-0.4, -0.2) is 34.6 Å². The highest BCUT2D eigenvalue weighted by Gasteiger charge is 2.57. The fourth-order valence-electron chi connectivity index (χ4n) is 3.96. The summed E-state index contributed by atoms with van der Waals surface area (Å²) in [7, 11) is 0. The van der Waals surface area contributed by atoms with Crippen LogP contribution in [0.2, 0.25) is 0 Å². The minimum Gasteiger partial charge on any atom is -0.595 e. The highest BCUT2D eigenvalue weighted by molar-refractivity contribution is 6.53. The Kier molecular flexibility index (Phi) is 4.36. The summed E-state index contributed by atoms with van der Waals surface area (Å²) in [5.41, 5.74) is 0.242. The van der Waals surface area contributed by atoms with Gasteiger partial charge in [0.15, 0.2) is 5.69 Å². The van der Waals surface area contributed by atoms with Crippen LogP contribution in [-0.2, 0) is 14.4 Å². The van der Waals surface area contributed by atoms with Gasteiger partial charge in [0, 0.05) is 17.7 Å². The second-order valence-electron chi connectivity index (χ2n) is 7.20. The van der Waals surface area contributed by atoms with Crippen molar-refractivity contribution in [2.75, 3.05) is 4.90 Å². The average Bonchev–Trinajstić information content (AvgIpc) is 3.33. The molecule has 1 fully saturated rings. The Morgan fingerprint density at radius 2 is 1.77 bits per heavy atom. The Morgan fingerprint density at radius 3 is 2.58 bits per heavy atom. The Hall–Kier alpha value is -3.92. The predicted octanol–water partition coefficient (Wildman–Crippen LogP) is 1.37. The number of rotatable bonds is 4. The van der Waals surface area contributed by atoms with E-state index >= 15 is 0 Å². The van der Waals surface area contributed by atoms with Crippen molar-refractivity contribution < 1.29 is 29.7 Å². The summed E-state index contributed by atoms with van der Waals surface area (Å²) in [6.07, 6.45) is -1.25. The maximum Gasteiger partial charge on any atom is 0.278 e. The molecule has 2 N–H and O–H groups in total. The highest BCUT2D eigenvalue weighted by Crippen LogP contribution is 2.35. The van der Waals surface area contributed by atoms with Gasteiger partial charge in [-0.2, -0.15) is 5.23 Å². The van der Waals surface area contributed by atoms with Crippen LogP contribution in [0.3, 0.4) is 0 Å². The zero-order valence-corrected chi connectivity index (χ0v) is 15.9. The van der Waals surface area contributed by atoms with E-state index in [1.54, 1.807) is 24.3 Å². The molecule has 3 aromatic carbocycles. The number of oxime groups is 1. The Labute approximate surface area is 175 Å². The third-order valence-corrected chi connectivity index (χ3v) is 5.43. The quantitative estimate of drug-likeness (QED) is 0.375. The first-order valence-electron chi connectivity index (χ1n) is 9.44. The Balaban J connectivity index is 1.51. The van der Waals surface area contributed by atoms with Gasteiger partial charge in [0.05, 0.1) is 5.69 Å². The van der Waals surface area contributed by atoms with E-state index in [0.29, 0.717) is 10.9 Å². The van der Waals surface area contributed by atoms with Gasteiger partial charge < -0.3 is 10.0 Å². The summed E-state index contributed by atoms with van der Waals surface area (Å²) < 4.78 is 0. The van der Waals surface area contributed by atoms with Crippen LogP contribution in [0.1, 0.15) is 10.4 Å². The zero-order chi connectivity index (χ0) is 21.7. The van der Waals surface area contributed by atoms with Gasteiger partial charge in [0.2, 0.25) is 17.8 Å². The highest BCUT2D eigenvalue weighted by atomic mass is 16.8. The lowest BCUT2D eigenvalue weighted by Gasteiger charge is -2.17. The number of quaternary nitrogens is 1. The van der Waals surface area contributed by atoms with E-state index in [1.165, 1.54) is 24.3 Å². The maximum absolute atomic E-state index is 13.3. The molecule has 3 unspecified atom stereocenters. The third-order valence-electron chi connectivity index (χ3n) is 5.43. The fraction of sp³-hybridized carbons (Fsp3) is 0.0909. The molecule has 5 rings (SSSR count). The molecule has 0 spiro atoms. The minimum absolute atomic E-state index is 0.0724. The van der Waals surface area contributed by atoms with Gasteiger partial charge in [-0.05, 0) is 16.8 Å². The van der Waals surface area contributed by atoms with E-state index in [-0.39, 0.29) is 17.1 Å². The molecule has 0 aliphatic carbocycles. The normalized spacial score (nSPS) is 21.1. The van der Waals surface area contributed by atoms with Gasteiger partial charge in [-0.3, -0.25) is 14.4 Å². The van der Waals surface area contributed by atoms with Crippen molar-refractivity contribution in [3.05, 3.63) is 77.5 Å². The molecule has 154 valence electrons. The fourth-order valence-corrected chi connectivity index (χ4v) is 3.96. The lowest BCUT2D eigenvalue weighted by molar-refractivity contribution is -0.991. The van der Waals surface area contributed by atoms with Crippen LogP contribution in [0.4, 0.5) is 11.4 Å². The van der Waals surface area contributed by atoms with E-state index in [1.807, 2.05) is 18.2 Å². The Morgan fingerprint density at radius 1 is 1.03 bits per heavy atom. The summed E-state index contributed by atoms with van der Waals surface area (Å²) in [6.45, 7) is 0. The molecular formula is C22H15N3O6. The second kappa shape index (κ2) is 7.10. The number of hydrogen-bond donors (Lipinski definition) is 2. The average molecular weight is 417 g/mol. The lowest BCUT2D eigenvalue weighted by atomic mass is 9.91. The van der Waals surface area contributed by atoms with Crippen molar-refractivity contribution in [3.8, 4) is 0 Å². The molecule has 0 bridgehead atoms. The van der Waals surface area contributed by atoms with Gasteiger partial charge in [-0.25, -0.2) is 10.1 Å². The van der Waals surface area contributed by atoms with Crippen molar-refractivity contribution >= 4 is 45.5 Å². The number of carbonyl (C=O) groups excluding carboxylic acids is 3. The van der Waals surface area contributed by atoms with E-state index < -0.39 is 34.8 Å². The molecule has 1 saturated heterocycles. The molecular weight excluding hydrogens is 402 g/mol. The molecule has 3 aromatic rings. The summed E-state index contributed by atoms with van der Waals surface area (Å²) in [6, 6.07) is 18.0. The number of benzene rings is 3. The summed E-state index contributed by atoms with van der Waals surface area (Å²) >= 11 is 0. The lowest BCUT2D eigenvalue weighted by Crippen LogP contribution is -2.99. The molecule has 3 atom stereocenters. The first-order chi connectivity index (χ1) is 15.0. The molecule has 2 aliphatic rings. The number of fused-ring (bicyclic) bond motifs is 2. The zero-order valence-electron chi connectivity index (χ0n) is 15.9. The molecule has 0 radical (unpaired) electrons. The van der Waals surface area contributed by atoms with Crippen molar-refractivity contribution in [2.24, 2.45) is 11.1 Å². The molecule has 2 heterocycles. The van der Waals surface area contributed by atoms with Crippen LogP contribution in [0.25, 0.3) is 10.8 Å². The smallest absolute Gasteiger partial charge is 0.278 e. The van der Waals surface area contributed by atoms with E-state index in [9.17, 15) is 24.8 Å². The number of amides is 2. The van der Waals surface area contributed by atoms with Crippen molar-refractivity contribution in [1.82, 2.24) is 0 Å². The van der Waals surface area contributed by atoms with Gasteiger partial charge in [0.1, 0.15) is 11.6 Å². The van der Waals surface area contributed by atoms with E-state index in [2.05, 4.69) is 5.16 Å². The van der Waals surface area contributed by atoms with Crippen LogP contribution in [0.5, 0.6) is 0 Å². The molecule has 2 amide bonds. The van der Waals surface area contributed by atoms with Gasteiger partial charge in [-0.15, -0.1) is 0 Å². The largest absolute Gasteiger partial charge is 0.595 e. The standard InChI is InChI=1S/C22H15N3O6/c26-19(16-10-3-6-12-5-1-2-9-15(12)16)18-17-20(31-23-18)22(28)24(21(17)27)13-7-4-8-14(11-13)25(29)30/h1-11,17,20,25,29H. The number of carbonyl (C=O) groups is 3. The van der Waals surface area contributed by atoms with Gasteiger partial charge in [0.25, 0.3) is 5.91 Å². The summed E-state index contributed by atoms with van der Waals surface area (Å²) in [5, 5.41) is 24.6. The van der Waals surface area contributed by atoms with Crippen LogP contribution < -0.4 is 10.1 Å². The number of imide groups is 1. The van der Waals surface area contributed by atoms with Gasteiger partial charge in [-0.1, -0.05) is 53.7 Å². The number of hydrogen-bond acceptors (Lipinski definition) is 7. The first-order valence-corrected chi connectivity index (χ1v) is 9.44. The van der Waals surface area contributed by atoms with E-state index in [0.717, 1.165) is 10.3 Å². The topological polar surface area (TPSA) is 124 Å². The van der Waals surface area contributed by atoms with Crippen molar-refractivity contribution in [2.45, 2.75) is 6.10 Å². The summed E-state index contributed by atoms with van der Waals surface area (Å²) in [4.78, 5) is 45.3. The minimum atomic E-state index is -1.25.